The molecule has 1 amide bonds. The van der Waals surface area contributed by atoms with Crippen molar-refractivity contribution in [3.63, 3.8) is 0 Å². The molecule has 26 heavy (non-hydrogen) atoms. The van der Waals surface area contributed by atoms with Gasteiger partial charge >= 0.3 is 0 Å². The van der Waals surface area contributed by atoms with Crippen molar-refractivity contribution in [2.45, 2.75) is 13.1 Å². The molecule has 2 heterocycles. The Balaban J connectivity index is 1.69. The monoisotopic (exact) mass is 374 g/mol. The van der Waals surface area contributed by atoms with Crippen LogP contribution in [-0.4, -0.2) is 24.5 Å². The molecule has 6 nitrogen and oxygen atoms in total. The van der Waals surface area contributed by atoms with E-state index in [2.05, 4.69) is 5.32 Å². The standard InChI is InChI=1S/C19H19ClN2O4/c1-24-18-7-6-14(20)10-17(18)21-19(23)13-22(11-15-4-2-8-25-15)12-16-5-3-9-26-16/h2-10H,11-13H2,1H3,(H,21,23). The average Bonchev–Trinajstić information content (AvgIpc) is 3.29. The number of halogens is 1. The number of carbonyl (C=O) groups excluding carboxylic acids is 1. The largest absolute Gasteiger partial charge is 0.495 e. The second kappa shape index (κ2) is 8.60. The summed E-state index contributed by atoms with van der Waals surface area (Å²) in [6, 6.07) is 12.4. The molecule has 3 aromatic rings. The van der Waals surface area contributed by atoms with E-state index in [1.165, 1.54) is 0 Å². The SMILES string of the molecule is COc1ccc(Cl)cc1NC(=O)CN(Cc1ccco1)Cc1ccco1. The predicted molar refractivity (Wildman–Crippen MR) is 98.2 cm³/mol. The lowest BCUT2D eigenvalue weighted by molar-refractivity contribution is -0.117. The van der Waals surface area contributed by atoms with Gasteiger partial charge in [0.1, 0.15) is 17.3 Å². The van der Waals surface area contributed by atoms with Gasteiger partial charge in [-0.1, -0.05) is 11.6 Å². The molecular weight excluding hydrogens is 356 g/mol. The minimum Gasteiger partial charge on any atom is -0.495 e. The first-order valence-corrected chi connectivity index (χ1v) is 8.42. The summed E-state index contributed by atoms with van der Waals surface area (Å²) in [5.41, 5.74) is 0.529. The first-order chi connectivity index (χ1) is 12.6. The number of carbonyl (C=O) groups is 1. The Morgan fingerprint density at radius 3 is 2.31 bits per heavy atom. The molecule has 0 aliphatic rings. The molecular formula is C19H19ClN2O4. The number of hydrogen-bond acceptors (Lipinski definition) is 5. The quantitative estimate of drug-likeness (QED) is 0.640. The molecule has 2 aromatic heterocycles. The normalized spacial score (nSPS) is 10.9. The molecule has 0 radical (unpaired) electrons. The number of rotatable bonds is 8. The number of benzene rings is 1. The Bertz CT molecular complexity index is 795. The van der Waals surface area contributed by atoms with Crippen molar-refractivity contribution in [2.24, 2.45) is 0 Å². The van der Waals surface area contributed by atoms with Gasteiger partial charge in [0, 0.05) is 5.02 Å². The topological polar surface area (TPSA) is 67.8 Å². The Morgan fingerprint density at radius 1 is 1.12 bits per heavy atom. The summed E-state index contributed by atoms with van der Waals surface area (Å²) in [4.78, 5) is 14.5. The van der Waals surface area contributed by atoms with Gasteiger partial charge in [0.2, 0.25) is 5.91 Å². The second-order valence-corrected chi connectivity index (χ2v) is 6.13. The number of ether oxygens (including phenoxy) is 1. The van der Waals surface area contributed by atoms with E-state index in [9.17, 15) is 4.79 Å². The first-order valence-electron chi connectivity index (χ1n) is 8.04. The maximum Gasteiger partial charge on any atom is 0.238 e. The summed E-state index contributed by atoms with van der Waals surface area (Å²) in [7, 11) is 1.54. The zero-order chi connectivity index (χ0) is 18.4. The predicted octanol–water partition coefficient (Wildman–Crippen LogP) is 4.18. The van der Waals surface area contributed by atoms with Gasteiger partial charge in [0.15, 0.2) is 0 Å². The van der Waals surface area contributed by atoms with Gasteiger partial charge in [-0.3, -0.25) is 9.69 Å². The third-order valence-corrected chi connectivity index (χ3v) is 3.96. The van der Waals surface area contributed by atoms with Crippen molar-refractivity contribution in [1.82, 2.24) is 4.90 Å². The van der Waals surface area contributed by atoms with Crippen LogP contribution >= 0.6 is 11.6 Å². The summed E-state index contributed by atoms with van der Waals surface area (Å²) < 4.78 is 16.0. The fourth-order valence-electron chi connectivity index (χ4n) is 2.58. The summed E-state index contributed by atoms with van der Waals surface area (Å²) in [5.74, 6) is 1.89. The molecule has 0 bridgehead atoms. The molecule has 3 rings (SSSR count). The summed E-state index contributed by atoms with van der Waals surface area (Å²) in [6.45, 7) is 1.11. The number of hydrogen-bond donors (Lipinski definition) is 1. The highest BCUT2D eigenvalue weighted by Crippen LogP contribution is 2.27. The van der Waals surface area contributed by atoms with E-state index < -0.39 is 0 Å². The lowest BCUT2D eigenvalue weighted by atomic mass is 10.2. The van der Waals surface area contributed by atoms with Gasteiger partial charge in [-0.05, 0) is 42.5 Å². The molecule has 0 saturated carbocycles. The molecule has 136 valence electrons. The molecule has 7 heteroatoms. The van der Waals surface area contributed by atoms with Crippen LogP contribution in [0.1, 0.15) is 11.5 Å². The van der Waals surface area contributed by atoms with Crippen molar-refractivity contribution in [3.8, 4) is 5.75 Å². The van der Waals surface area contributed by atoms with Crippen molar-refractivity contribution >= 4 is 23.2 Å². The van der Waals surface area contributed by atoms with Crippen molar-refractivity contribution in [2.75, 3.05) is 19.0 Å². The highest BCUT2D eigenvalue weighted by atomic mass is 35.5. The van der Waals surface area contributed by atoms with E-state index >= 15 is 0 Å². The van der Waals surface area contributed by atoms with E-state index in [4.69, 9.17) is 25.2 Å². The highest BCUT2D eigenvalue weighted by Gasteiger charge is 2.16. The fraction of sp³-hybridized carbons (Fsp3) is 0.211. The van der Waals surface area contributed by atoms with Crippen LogP contribution in [0.25, 0.3) is 0 Å². The number of nitrogens with zero attached hydrogens (tertiary/aromatic N) is 1. The van der Waals surface area contributed by atoms with Crippen LogP contribution in [0.5, 0.6) is 5.75 Å². The number of amides is 1. The highest BCUT2D eigenvalue weighted by molar-refractivity contribution is 6.31. The summed E-state index contributed by atoms with van der Waals surface area (Å²) >= 11 is 6.01. The summed E-state index contributed by atoms with van der Waals surface area (Å²) in [6.07, 6.45) is 3.22. The minimum absolute atomic E-state index is 0.150. The maximum absolute atomic E-state index is 12.5. The molecule has 0 atom stereocenters. The van der Waals surface area contributed by atoms with E-state index in [1.54, 1.807) is 37.8 Å². The van der Waals surface area contributed by atoms with E-state index in [1.807, 2.05) is 29.2 Å². The van der Waals surface area contributed by atoms with Crippen molar-refractivity contribution in [1.29, 1.82) is 0 Å². The third kappa shape index (κ3) is 4.91. The van der Waals surface area contributed by atoms with Crippen LogP contribution in [0, 0.1) is 0 Å². The zero-order valence-electron chi connectivity index (χ0n) is 14.3. The fourth-order valence-corrected chi connectivity index (χ4v) is 2.76. The molecule has 0 aliphatic carbocycles. The van der Waals surface area contributed by atoms with Crippen LogP contribution < -0.4 is 10.1 Å². The van der Waals surface area contributed by atoms with Gasteiger partial charge in [-0.15, -0.1) is 0 Å². The average molecular weight is 375 g/mol. The molecule has 1 N–H and O–H groups in total. The Morgan fingerprint density at radius 2 is 1.77 bits per heavy atom. The summed E-state index contributed by atoms with van der Waals surface area (Å²) in [5, 5.41) is 3.36. The number of furan rings is 2. The number of nitrogens with one attached hydrogen (secondary N) is 1. The van der Waals surface area contributed by atoms with Gasteiger partial charge in [-0.2, -0.15) is 0 Å². The van der Waals surface area contributed by atoms with E-state index in [-0.39, 0.29) is 12.5 Å². The van der Waals surface area contributed by atoms with Gasteiger partial charge in [0.05, 0.1) is 45.0 Å². The smallest absolute Gasteiger partial charge is 0.238 e. The van der Waals surface area contributed by atoms with Gasteiger partial charge in [-0.25, -0.2) is 0 Å². The third-order valence-electron chi connectivity index (χ3n) is 3.72. The number of anilines is 1. The molecule has 0 aliphatic heterocycles. The lowest BCUT2D eigenvalue weighted by Crippen LogP contribution is -2.32. The van der Waals surface area contributed by atoms with Crippen molar-refractivity contribution in [3.05, 3.63) is 71.5 Å². The number of methoxy groups -OCH3 is 1. The zero-order valence-corrected chi connectivity index (χ0v) is 15.0. The Kier molecular flexibility index (Phi) is 5.99. The molecule has 0 saturated heterocycles. The maximum atomic E-state index is 12.5. The van der Waals surface area contributed by atoms with E-state index in [0.29, 0.717) is 29.5 Å². The Hall–Kier alpha value is -2.70. The molecule has 0 unspecified atom stereocenters. The van der Waals surface area contributed by atoms with Crippen LogP contribution in [0.2, 0.25) is 5.02 Å². The second-order valence-electron chi connectivity index (χ2n) is 5.70. The van der Waals surface area contributed by atoms with Gasteiger partial charge in [0.25, 0.3) is 0 Å². The molecule has 0 spiro atoms. The first kappa shape index (κ1) is 18.1. The molecule has 0 fully saturated rings. The van der Waals surface area contributed by atoms with Crippen LogP contribution in [0.4, 0.5) is 5.69 Å². The minimum atomic E-state index is -0.191. The van der Waals surface area contributed by atoms with Crippen LogP contribution in [0.3, 0.4) is 0 Å². The van der Waals surface area contributed by atoms with Crippen LogP contribution in [-0.2, 0) is 17.9 Å². The van der Waals surface area contributed by atoms with Crippen LogP contribution in [0.15, 0.2) is 63.8 Å². The lowest BCUT2D eigenvalue weighted by Gasteiger charge is -2.20. The molecule has 1 aromatic carbocycles. The Labute approximate surface area is 156 Å². The van der Waals surface area contributed by atoms with E-state index in [0.717, 1.165) is 11.5 Å². The van der Waals surface area contributed by atoms with Gasteiger partial charge < -0.3 is 18.9 Å². The van der Waals surface area contributed by atoms with Crippen molar-refractivity contribution < 1.29 is 18.4 Å².